The van der Waals surface area contributed by atoms with Gasteiger partial charge >= 0.3 is 0 Å². The Labute approximate surface area is 128 Å². The summed E-state index contributed by atoms with van der Waals surface area (Å²) >= 11 is 3.52. The predicted octanol–water partition coefficient (Wildman–Crippen LogP) is 4.26. The van der Waals surface area contributed by atoms with Gasteiger partial charge in [-0.1, -0.05) is 12.1 Å². The zero-order valence-corrected chi connectivity index (χ0v) is 13.5. The van der Waals surface area contributed by atoms with Gasteiger partial charge in [-0.15, -0.1) is 0 Å². The summed E-state index contributed by atoms with van der Waals surface area (Å²) in [5.41, 5.74) is 2.40. The van der Waals surface area contributed by atoms with Gasteiger partial charge in [-0.25, -0.2) is 0 Å². The van der Waals surface area contributed by atoms with Gasteiger partial charge in [0.1, 0.15) is 5.75 Å². The minimum atomic E-state index is 0.243. The molecule has 0 radical (unpaired) electrons. The second kappa shape index (κ2) is 6.86. The minimum absolute atomic E-state index is 0.243. The first-order valence-electron chi connectivity index (χ1n) is 6.61. The lowest BCUT2D eigenvalue weighted by Crippen LogP contribution is -2.22. The highest BCUT2D eigenvalue weighted by atomic mass is 79.9. The Balaban J connectivity index is 2.08. The molecule has 0 aliphatic carbocycles. The molecule has 3 nitrogen and oxygen atoms in total. The van der Waals surface area contributed by atoms with Crippen LogP contribution in [0.5, 0.6) is 5.75 Å². The Morgan fingerprint density at radius 1 is 1.15 bits per heavy atom. The van der Waals surface area contributed by atoms with Crippen molar-refractivity contribution in [1.29, 1.82) is 0 Å². The number of nitrogens with zero attached hydrogens (tertiary/aromatic N) is 1. The van der Waals surface area contributed by atoms with Gasteiger partial charge in [-0.3, -0.25) is 4.98 Å². The fourth-order valence-corrected chi connectivity index (χ4v) is 2.71. The first-order chi connectivity index (χ1) is 9.61. The average Bonchev–Trinajstić information content (AvgIpc) is 2.48. The van der Waals surface area contributed by atoms with Crippen LogP contribution >= 0.6 is 15.9 Å². The van der Waals surface area contributed by atoms with Gasteiger partial charge in [0.15, 0.2) is 0 Å². The zero-order chi connectivity index (χ0) is 14.5. The van der Waals surface area contributed by atoms with Gasteiger partial charge < -0.3 is 10.1 Å². The van der Waals surface area contributed by atoms with Gasteiger partial charge in [-0.05, 0) is 59.1 Å². The van der Waals surface area contributed by atoms with Crippen LogP contribution in [0.25, 0.3) is 0 Å². The molecular formula is C16H19BrN2O. The van der Waals surface area contributed by atoms with Gasteiger partial charge in [0, 0.05) is 24.5 Å². The van der Waals surface area contributed by atoms with Crippen LogP contribution in [-0.4, -0.2) is 12.1 Å². The van der Waals surface area contributed by atoms with Crippen LogP contribution in [0.15, 0.2) is 47.2 Å². The molecule has 4 heteroatoms. The van der Waals surface area contributed by atoms with Crippen molar-refractivity contribution in [3.05, 3.63) is 58.3 Å². The fourth-order valence-electron chi connectivity index (χ4n) is 2.15. The Morgan fingerprint density at radius 3 is 2.50 bits per heavy atom. The van der Waals surface area contributed by atoms with E-state index in [9.17, 15) is 0 Å². The summed E-state index contributed by atoms with van der Waals surface area (Å²) in [6.07, 6.45) is 3.69. The molecule has 1 aromatic carbocycles. The summed E-state index contributed by atoms with van der Waals surface area (Å²) in [5.74, 6) is 0.848. The fraction of sp³-hybridized carbons (Fsp3) is 0.312. The highest BCUT2D eigenvalue weighted by molar-refractivity contribution is 9.10. The second-order valence-electron chi connectivity index (χ2n) is 4.79. The molecule has 1 unspecified atom stereocenters. The molecule has 2 rings (SSSR count). The van der Waals surface area contributed by atoms with E-state index in [1.807, 2.05) is 18.3 Å². The second-order valence-corrected chi connectivity index (χ2v) is 5.64. The maximum atomic E-state index is 5.25. The molecule has 2 aromatic rings. The molecule has 0 amide bonds. The van der Waals surface area contributed by atoms with Gasteiger partial charge in [-0.2, -0.15) is 0 Å². The van der Waals surface area contributed by atoms with Crippen molar-refractivity contribution in [2.45, 2.75) is 25.9 Å². The molecular weight excluding hydrogens is 316 g/mol. The number of halogens is 1. The molecule has 0 spiro atoms. The topological polar surface area (TPSA) is 34.1 Å². The smallest absolute Gasteiger partial charge is 0.133 e. The van der Waals surface area contributed by atoms with Crippen LogP contribution in [0.2, 0.25) is 0 Å². The van der Waals surface area contributed by atoms with Crippen molar-refractivity contribution in [2.24, 2.45) is 0 Å². The van der Waals surface area contributed by atoms with Gasteiger partial charge in [0.05, 0.1) is 11.6 Å². The van der Waals surface area contributed by atoms with Crippen molar-refractivity contribution < 1.29 is 4.74 Å². The maximum Gasteiger partial charge on any atom is 0.133 e. The number of benzene rings is 1. The van der Waals surface area contributed by atoms with E-state index in [2.05, 4.69) is 58.3 Å². The van der Waals surface area contributed by atoms with Crippen molar-refractivity contribution in [2.75, 3.05) is 7.11 Å². The predicted molar refractivity (Wildman–Crippen MR) is 84.9 cm³/mol. The Hall–Kier alpha value is -1.39. The quantitative estimate of drug-likeness (QED) is 0.886. The molecule has 0 aliphatic rings. The molecule has 106 valence electrons. The molecule has 0 fully saturated rings. The summed E-state index contributed by atoms with van der Waals surface area (Å²) in [6.45, 7) is 4.30. The Bertz CT molecular complexity index is 560. The number of rotatable bonds is 5. The molecule has 1 heterocycles. The first kappa shape index (κ1) is 15.0. The molecule has 0 aliphatic heterocycles. The third-order valence-electron chi connectivity index (χ3n) is 3.36. The largest absolute Gasteiger partial charge is 0.496 e. The number of hydrogen-bond acceptors (Lipinski definition) is 3. The van der Waals surface area contributed by atoms with E-state index in [-0.39, 0.29) is 12.1 Å². The highest BCUT2D eigenvalue weighted by Crippen LogP contribution is 2.28. The van der Waals surface area contributed by atoms with Crippen molar-refractivity contribution >= 4 is 15.9 Å². The lowest BCUT2D eigenvalue weighted by Gasteiger charge is -2.21. The first-order valence-corrected chi connectivity index (χ1v) is 7.40. The minimum Gasteiger partial charge on any atom is -0.496 e. The number of pyridine rings is 1. The molecule has 0 bridgehead atoms. The van der Waals surface area contributed by atoms with E-state index >= 15 is 0 Å². The molecule has 1 aromatic heterocycles. The number of methoxy groups -OCH3 is 1. The SMILES string of the molecule is COc1ccc(C(C)N[C@@H](C)c2cccnc2)cc1Br. The number of ether oxygens (including phenoxy) is 1. The summed E-state index contributed by atoms with van der Waals surface area (Å²) < 4.78 is 6.23. The molecule has 0 saturated heterocycles. The molecule has 2 atom stereocenters. The van der Waals surface area contributed by atoms with Crippen LogP contribution in [0, 0.1) is 0 Å². The van der Waals surface area contributed by atoms with Gasteiger partial charge in [0.25, 0.3) is 0 Å². The zero-order valence-electron chi connectivity index (χ0n) is 11.9. The van der Waals surface area contributed by atoms with E-state index in [4.69, 9.17) is 4.74 Å². The third kappa shape index (κ3) is 3.58. The van der Waals surface area contributed by atoms with Crippen molar-refractivity contribution in [3.63, 3.8) is 0 Å². The maximum absolute atomic E-state index is 5.25. The van der Waals surface area contributed by atoms with Crippen LogP contribution in [0.4, 0.5) is 0 Å². The molecule has 1 N–H and O–H groups in total. The van der Waals surface area contributed by atoms with E-state index in [0.717, 1.165) is 10.2 Å². The normalized spacial score (nSPS) is 13.8. The van der Waals surface area contributed by atoms with Crippen molar-refractivity contribution in [1.82, 2.24) is 10.3 Å². The Morgan fingerprint density at radius 2 is 1.90 bits per heavy atom. The van der Waals surface area contributed by atoms with Gasteiger partial charge in [0.2, 0.25) is 0 Å². The summed E-state index contributed by atoms with van der Waals surface area (Å²) in [6, 6.07) is 10.7. The highest BCUT2D eigenvalue weighted by Gasteiger charge is 2.12. The van der Waals surface area contributed by atoms with E-state index in [1.165, 1.54) is 11.1 Å². The summed E-state index contributed by atoms with van der Waals surface area (Å²) in [5, 5.41) is 3.58. The Kier molecular flexibility index (Phi) is 5.15. The molecule has 20 heavy (non-hydrogen) atoms. The van der Waals surface area contributed by atoms with E-state index < -0.39 is 0 Å². The number of hydrogen-bond donors (Lipinski definition) is 1. The number of nitrogens with one attached hydrogen (secondary N) is 1. The van der Waals surface area contributed by atoms with Crippen LogP contribution < -0.4 is 10.1 Å². The lowest BCUT2D eigenvalue weighted by molar-refractivity contribution is 0.411. The standard InChI is InChI=1S/C16H19BrN2O/c1-11(13-6-7-16(20-3)15(17)9-13)19-12(2)14-5-4-8-18-10-14/h4-12,19H,1-3H3/t11?,12-/m0/s1. The van der Waals surface area contributed by atoms with Crippen LogP contribution in [-0.2, 0) is 0 Å². The van der Waals surface area contributed by atoms with Crippen LogP contribution in [0.3, 0.4) is 0 Å². The summed E-state index contributed by atoms with van der Waals surface area (Å²) in [4.78, 5) is 4.16. The van der Waals surface area contributed by atoms with Crippen molar-refractivity contribution in [3.8, 4) is 5.75 Å². The molecule has 0 saturated carbocycles. The average molecular weight is 335 g/mol. The third-order valence-corrected chi connectivity index (χ3v) is 3.98. The lowest BCUT2D eigenvalue weighted by atomic mass is 10.1. The number of aromatic nitrogens is 1. The summed E-state index contributed by atoms with van der Waals surface area (Å²) in [7, 11) is 1.67. The van der Waals surface area contributed by atoms with E-state index in [1.54, 1.807) is 13.3 Å². The van der Waals surface area contributed by atoms with Crippen LogP contribution in [0.1, 0.15) is 37.1 Å². The monoisotopic (exact) mass is 334 g/mol. The van der Waals surface area contributed by atoms with E-state index in [0.29, 0.717) is 0 Å².